The summed E-state index contributed by atoms with van der Waals surface area (Å²) in [6.07, 6.45) is 3.56. The van der Waals surface area contributed by atoms with Gasteiger partial charge in [-0.2, -0.15) is 0 Å². The molecule has 0 aromatic heterocycles. The molecule has 8 heteroatoms. The largest absolute Gasteiger partial charge is 0.466 e. The molecule has 2 heterocycles. The zero-order valence-corrected chi connectivity index (χ0v) is 18.7. The van der Waals surface area contributed by atoms with E-state index in [-0.39, 0.29) is 30.4 Å². The molecule has 31 heavy (non-hydrogen) atoms. The Labute approximate surface area is 182 Å². The lowest BCUT2D eigenvalue weighted by Gasteiger charge is -2.56. The number of rotatable bonds is 6. The fourth-order valence-electron chi connectivity index (χ4n) is 6.53. The van der Waals surface area contributed by atoms with Crippen molar-refractivity contribution in [1.29, 1.82) is 0 Å². The molecule has 2 aliphatic carbocycles. The third-order valence-electron chi connectivity index (χ3n) is 7.65. The highest BCUT2D eigenvalue weighted by Crippen LogP contribution is 2.66. The van der Waals surface area contributed by atoms with Gasteiger partial charge in [-0.05, 0) is 31.4 Å². The number of hydrogen-bond donors (Lipinski definition) is 2. The van der Waals surface area contributed by atoms with Crippen molar-refractivity contribution >= 4 is 5.97 Å². The predicted octanol–water partition coefficient (Wildman–Crippen LogP) is 1.68. The van der Waals surface area contributed by atoms with Gasteiger partial charge in [0.15, 0.2) is 0 Å². The first-order valence-corrected chi connectivity index (χ1v) is 10.6. The Kier molecular flexibility index (Phi) is 5.48. The molecule has 1 saturated heterocycles. The van der Waals surface area contributed by atoms with E-state index in [1.165, 1.54) is 21.3 Å². The second-order valence-corrected chi connectivity index (χ2v) is 9.45. The molecule has 0 aromatic carbocycles. The van der Waals surface area contributed by atoms with Crippen LogP contribution in [0.5, 0.6) is 0 Å². The summed E-state index contributed by atoms with van der Waals surface area (Å²) in [4.78, 5) is 22.8. The summed E-state index contributed by atoms with van der Waals surface area (Å²) < 4.78 is 17.5. The van der Waals surface area contributed by atoms with Crippen molar-refractivity contribution in [3.63, 3.8) is 0 Å². The number of aliphatic hydroxyl groups is 2. The van der Waals surface area contributed by atoms with Gasteiger partial charge in [-0.25, -0.2) is 14.6 Å². The zero-order valence-electron chi connectivity index (χ0n) is 18.7. The maximum absolute atomic E-state index is 12.8. The quantitative estimate of drug-likeness (QED) is 0.281. The van der Waals surface area contributed by atoms with Gasteiger partial charge < -0.3 is 24.4 Å². The minimum absolute atomic E-state index is 0.0980. The molecule has 0 radical (unpaired) electrons. The molecule has 8 nitrogen and oxygen atoms in total. The van der Waals surface area contributed by atoms with Crippen LogP contribution in [0.3, 0.4) is 0 Å². The molecule has 2 aliphatic heterocycles. The maximum Gasteiger partial charge on any atom is 0.339 e. The van der Waals surface area contributed by atoms with Gasteiger partial charge in [-0.15, -0.1) is 0 Å². The molecule has 0 aromatic rings. The number of esters is 1. The smallest absolute Gasteiger partial charge is 0.339 e. The van der Waals surface area contributed by atoms with Crippen molar-refractivity contribution in [2.45, 2.75) is 49.8 Å². The van der Waals surface area contributed by atoms with Gasteiger partial charge >= 0.3 is 5.97 Å². The van der Waals surface area contributed by atoms with Crippen LogP contribution in [0.15, 0.2) is 35.5 Å². The molecular weight excluding hydrogens is 404 g/mol. The maximum atomic E-state index is 12.8. The first-order valence-electron chi connectivity index (χ1n) is 10.6. The molecule has 4 rings (SSSR count). The first-order chi connectivity index (χ1) is 14.6. The first kappa shape index (κ1) is 22.6. The highest BCUT2D eigenvalue weighted by molar-refractivity contribution is 5.91. The molecule has 2 N–H and O–H groups in total. The van der Waals surface area contributed by atoms with Crippen LogP contribution >= 0.6 is 0 Å². The summed E-state index contributed by atoms with van der Waals surface area (Å²) in [6, 6.07) is 0. The molecule has 2 fully saturated rings. The average Bonchev–Trinajstić information content (AvgIpc) is 3.14. The number of carbonyl (C=O) groups is 1. The number of ether oxygens (including phenoxy) is 3. The summed E-state index contributed by atoms with van der Waals surface area (Å²) in [6.45, 7) is 8.00. The van der Waals surface area contributed by atoms with Gasteiger partial charge in [-0.1, -0.05) is 18.2 Å². The summed E-state index contributed by atoms with van der Waals surface area (Å²) in [5, 5.41) is 22.4. The lowest BCUT2D eigenvalue weighted by Crippen LogP contribution is -2.63. The summed E-state index contributed by atoms with van der Waals surface area (Å²) in [5.41, 5.74) is -0.296. The Hall–Kier alpha value is -1.55. The van der Waals surface area contributed by atoms with E-state index in [9.17, 15) is 15.0 Å². The molecule has 2 bridgehead atoms. The van der Waals surface area contributed by atoms with Crippen LogP contribution in [0, 0.1) is 23.7 Å². The number of allylic oxidation sites excluding steroid dienone is 1. The summed E-state index contributed by atoms with van der Waals surface area (Å²) in [7, 11) is 4.25. The van der Waals surface area contributed by atoms with E-state index in [2.05, 4.69) is 6.58 Å². The summed E-state index contributed by atoms with van der Waals surface area (Å²) in [5.74, 6) is -3.17. The third-order valence-corrected chi connectivity index (χ3v) is 7.65. The lowest BCUT2D eigenvalue weighted by molar-refractivity contribution is -0.303. The average molecular weight is 437 g/mol. The van der Waals surface area contributed by atoms with Crippen molar-refractivity contribution in [1.82, 2.24) is 0 Å². The van der Waals surface area contributed by atoms with Crippen LogP contribution in [0.2, 0.25) is 0 Å². The Morgan fingerprint density at radius 2 is 2.03 bits per heavy atom. The van der Waals surface area contributed by atoms with E-state index < -0.39 is 40.9 Å². The van der Waals surface area contributed by atoms with Crippen molar-refractivity contribution in [3.8, 4) is 0 Å². The van der Waals surface area contributed by atoms with Crippen LogP contribution in [0.1, 0.15) is 26.7 Å². The molecule has 4 aliphatic rings. The Morgan fingerprint density at radius 3 is 2.61 bits per heavy atom. The fraction of sp³-hybridized carbons (Fsp3) is 0.696. The monoisotopic (exact) mass is 436 g/mol. The molecular formula is C23H32O8. The number of aliphatic hydroxyl groups excluding tert-OH is 1. The number of methoxy groups -OCH3 is 2. The molecule has 0 amide bonds. The van der Waals surface area contributed by atoms with E-state index in [1.807, 2.05) is 13.0 Å². The van der Waals surface area contributed by atoms with Crippen LogP contribution < -0.4 is 0 Å². The van der Waals surface area contributed by atoms with Gasteiger partial charge in [0, 0.05) is 37.7 Å². The van der Waals surface area contributed by atoms with Crippen LogP contribution in [-0.4, -0.2) is 67.2 Å². The lowest BCUT2D eigenvalue weighted by atomic mass is 9.57. The van der Waals surface area contributed by atoms with Crippen LogP contribution in [-0.2, 0) is 28.8 Å². The Bertz CT molecular complexity index is 845. The molecule has 7 unspecified atom stereocenters. The fourth-order valence-corrected chi connectivity index (χ4v) is 6.53. The van der Waals surface area contributed by atoms with E-state index >= 15 is 0 Å². The second-order valence-electron chi connectivity index (χ2n) is 9.45. The highest BCUT2D eigenvalue weighted by atomic mass is 17.2. The minimum atomic E-state index is -1.31. The van der Waals surface area contributed by atoms with Crippen molar-refractivity contribution < 1.29 is 39.0 Å². The Morgan fingerprint density at radius 1 is 1.32 bits per heavy atom. The summed E-state index contributed by atoms with van der Waals surface area (Å²) >= 11 is 0. The van der Waals surface area contributed by atoms with Crippen molar-refractivity contribution in [2.24, 2.45) is 23.7 Å². The van der Waals surface area contributed by atoms with Crippen LogP contribution in [0.4, 0.5) is 0 Å². The van der Waals surface area contributed by atoms with E-state index in [0.29, 0.717) is 6.42 Å². The molecule has 172 valence electrons. The topological polar surface area (TPSA) is 104 Å². The van der Waals surface area contributed by atoms with Gasteiger partial charge in [-0.3, -0.25) is 0 Å². The number of carbonyl (C=O) groups excluding carboxylic acids is 1. The van der Waals surface area contributed by atoms with Gasteiger partial charge in [0.25, 0.3) is 0 Å². The second kappa shape index (κ2) is 7.50. The molecule has 1 saturated carbocycles. The normalized spacial score (nSPS) is 45.5. The van der Waals surface area contributed by atoms with Crippen molar-refractivity contribution in [2.75, 3.05) is 27.9 Å². The number of fused-ring (bicyclic) bond motifs is 2. The van der Waals surface area contributed by atoms with Crippen molar-refractivity contribution in [3.05, 3.63) is 35.5 Å². The van der Waals surface area contributed by atoms with Gasteiger partial charge in [0.1, 0.15) is 12.2 Å². The highest BCUT2D eigenvalue weighted by Gasteiger charge is 2.72. The van der Waals surface area contributed by atoms with E-state index in [1.54, 1.807) is 13.0 Å². The Balaban J connectivity index is 1.96. The van der Waals surface area contributed by atoms with Gasteiger partial charge in [0.05, 0.1) is 31.5 Å². The standard InChI is InChI=1S/C23H32O8/c1-12(2)14-8-23(28-5)16(20(25)27-4)9-22(31-23)15(14)7-13(11-30-29-6)18-17(24)10-21(3,26)19(18)22/h7,9,14-15,17-19,24,26H,1,8,10-11H2,2-6H3/t14-,15?,17?,18?,19?,21?,22?,23?/m0/s1. The van der Waals surface area contributed by atoms with E-state index in [0.717, 1.165) is 11.1 Å². The number of hydrogen-bond acceptors (Lipinski definition) is 8. The van der Waals surface area contributed by atoms with Gasteiger partial charge in [0.2, 0.25) is 5.79 Å². The molecule has 8 atom stereocenters. The third kappa shape index (κ3) is 3.08. The predicted molar refractivity (Wildman–Crippen MR) is 109 cm³/mol. The minimum Gasteiger partial charge on any atom is -0.466 e. The van der Waals surface area contributed by atoms with E-state index in [4.69, 9.17) is 24.0 Å². The zero-order chi connectivity index (χ0) is 22.8. The molecule has 1 spiro atoms. The SMILES string of the molecule is C=C(C)[C@@H]1CC2(OC)OC3(C=C2C(=O)OC)C1C=C(COOC)C1C(O)CC(C)(O)C13. The van der Waals surface area contributed by atoms with Crippen LogP contribution in [0.25, 0.3) is 0 Å².